The summed E-state index contributed by atoms with van der Waals surface area (Å²) < 4.78 is 0. The van der Waals surface area contributed by atoms with Crippen molar-refractivity contribution in [3.63, 3.8) is 0 Å². The molecule has 0 aromatic carbocycles. The van der Waals surface area contributed by atoms with E-state index in [4.69, 9.17) is 5.11 Å². The normalized spacial score (nSPS) is 20.4. The number of rotatable bonds is 7. The van der Waals surface area contributed by atoms with Gasteiger partial charge in [-0.2, -0.15) is 0 Å². The average Bonchev–Trinajstić information content (AvgIpc) is 2.86. The molecule has 1 aliphatic heterocycles. The highest BCUT2D eigenvalue weighted by atomic mass is 16.4. The van der Waals surface area contributed by atoms with E-state index in [0.29, 0.717) is 26.1 Å². The summed E-state index contributed by atoms with van der Waals surface area (Å²) in [5, 5.41) is 21.1. The first-order valence-corrected chi connectivity index (χ1v) is 7.64. The van der Waals surface area contributed by atoms with E-state index in [2.05, 4.69) is 5.32 Å². The Morgan fingerprint density at radius 3 is 2.57 bits per heavy atom. The minimum Gasteiger partial charge on any atom is -0.481 e. The fraction of sp³-hybridized carbons (Fsp3) is 0.867. The van der Waals surface area contributed by atoms with Gasteiger partial charge in [-0.15, -0.1) is 0 Å². The van der Waals surface area contributed by atoms with Gasteiger partial charge >= 0.3 is 12.0 Å². The van der Waals surface area contributed by atoms with Gasteiger partial charge in [0, 0.05) is 32.0 Å². The molecule has 21 heavy (non-hydrogen) atoms. The molecule has 3 N–H and O–H groups in total. The molecule has 6 heteroatoms. The molecular weight excluding hydrogens is 272 g/mol. The van der Waals surface area contributed by atoms with E-state index < -0.39 is 5.97 Å². The van der Waals surface area contributed by atoms with Gasteiger partial charge in [-0.1, -0.05) is 13.8 Å². The Balaban J connectivity index is 2.26. The third-order valence-corrected chi connectivity index (χ3v) is 4.29. The summed E-state index contributed by atoms with van der Waals surface area (Å²) in [6.45, 7) is 7.62. The first-order valence-electron chi connectivity index (χ1n) is 7.64. The molecule has 0 saturated carbocycles. The molecule has 1 saturated heterocycles. The van der Waals surface area contributed by atoms with Crippen LogP contribution in [0.3, 0.4) is 0 Å². The third-order valence-electron chi connectivity index (χ3n) is 4.29. The highest BCUT2D eigenvalue weighted by Crippen LogP contribution is 2.26. The lowest BCUT2D eigenvalue weighted by Gasteiger charge is -2.25. The number of carbonyl (C=O) groups excluding carboxylic acids is 1. The van der Waals surface area contributed by atoms with Crippen LogP contribution in [0.25, 0.3) is 0 Å². The summed E-state index contributed by atoms with van der Waals surface area (Å²) in [6.07, 6.45) is 1.97. The van der Waals surface area contributed by atoms with Gasteiger partial charge in [0.2, 0.25) is 0 Å². The molecule has 1 aliphatic rings. The summed E-state index contributed by atoms with van der Waals surface area (Å²) in [4.78, 5) is 24.3. The molecule has 2 unspecified atom stereocenters. The Morgan fingerprint density at radius 1 is 1.38 bits per heavy atom. The second-order valence-electron chi connectivity index (χ2n) is 6.78. The van der Waals surface area contributed by atoms with Crippen molar-refractivity contribution >= 4 is 12.0 Å². The smallest absolute Gasteiger partial charge is 0.317 e. The lowest BCUT2D eigenvalue weighted by molar-refractivity contribution is -0.137. The molecule has 2 amide bonds. The van der Waals surface area contributed by atoms with E-state index in [0.717, 1.165) is 12.8 Å². The zero-order valence-electron chi connectivity index (χ0n) is 13.3. The van der Waals surface area contributed by atoms with Crippen molar-refractivity contribution in [1.29, 1.82) is 0 Å². The molecule has 0 spiro atoms. The van der Waals surface area contributed by atoms with E-state index in [1.807, 2.05) is 13.8 Å². The van der Waals surface area contributed by atoms with Gasteiger partial charge in [-0.25, -0.2) is 4.79 Å². The van der Waals surface area contributed by atoms with Crippen molar-refractivity contribution in [2.45, 2.75) is 52.6 Å². The summed E-state index contributed by atoms with van der Waals surface area (Å²) in [6, 6.07) is -0.0906. The Hall–Kier alpha value is -1.30. The zero-order valence-corrected chi connectivity index (χ0v) is 13.3. The number of carbonyl (C=O) groups is 2. The van der Waals surface area contributed by atoms with Gasteiger partial charge < -0.3 is 20.4 Å². The number of aliphatic hydroxyl groups excluding tert-OH is 1. The van der Waals surface area contributed by atoms with Crippen LogP contribution in [0, 0.1) is 11.3 Å². The van der Waals surface area contributed by atoms with Crippen molar-refractivity contribution in [1.82, 2.24) is 10.2 Å². The minimum atomic E-state index is -0.784. The number of likely N-dealkylation sites (tertiary alicyclic amines) is 1. The number of hydrogen-bond donors (Lipinski definition) is 3. The largest absolute Gasteiger partial charge is 0.481 e. The molecule has 122 valence electrons. The van der Waals surface area contributed by atoms with Crippen molar-refractivity contribution < 1.29 is 19.8 Å². The summed E-state index contributed by atoms with van der Waals surface area (Å²) >= 11 is 0. The molecule has 0 bridgehead atoms. The summed E-state index contributed by atoms with van der Waals surface area (Å²) in [5.74, 6) is -0.615. The maximum atomic E-state index is 12.0. The maximum absolute atomic E-state index is 12.0. The zero-order chi connectivity index (χ0) is 16.0. The molecule has 0 aromatic rings. The predicted molar refractivity (Wildman–Crippen MR) is 80.0 cm³/mol. The number of amides is 2. The second kappa shape index (κ2) is 7.64. The number of aliphatic hydroxyl groups is 1. The van der Waals surface area contributed by atoms with E-state index in [1.54, 1.807) is 11.8 Å². The van der Waals surface area contributed by atoms with Crippen LogP contribution in [-0.4, -0.2) is 52.9 Å². The molecule has 0 aromatic heterocycles. The molecule has 0 aliphatic carbocycles. The third kappa shape index (κ3) is 6.33. The Morgan fingerprint density at radius 2 is 2.05 bits per heavy atom. The van der Waals surface area contributed by atoms with E-state index in [-0.39, 0.29) is 29.9 Å². The minimum absolute atomic E-state index is 0.0906. The Bertz CT molecular complexity index is 369. The second-order valence-corrected chi connectivity index (χ2v) is 6.78. The van der Waals surface area contributed by atoms with Gasteiger partial charge in [-0.05, 0) is 31.6 Å². The molecule has 0 radical (unpaired) electrons. The van der Waals surface area contributed by atoms with Crippen LogP contribution in [0.5, 0.6) is 0 Å². The lowest BCUT2D eigenvalue weighted by Crippen LogP contribution is -2.40. The Labute approximate surface area is 126 Å². The quantitative estimate of drug-likeness (QED) is 0.667. The average molecular weight is 300 g/mol. The fourth-order valence-electron chi connectivity index (χ4n) is 2.56. The molecule has 1 rings (SSSR count). The number of carboxylic acid groups (broad SMARTS) is 1. The van der Waals surface area contributed by atoms with Crippen LogP contribution in [0.15, 0.2) is 0 Å². The SMILES string of the molecule is CC(O)C1CCN(C(=O)NCCC(C)(C)CCC(=O)O)C1. The van der Waals surface area contributed by atoms with Crippen LogP contribution < -0.4 is 5.32 Å². The molecule has 6 nitrogen and oxygen atoms in total. The van der Waals surface area contributed by atoms with Crippen molar-refractivity contribution in [2.24, 2.45) is 11.3 Å². The van der Waals surface area contributed by atoms with Crippen molar-refractivity contribution in [2.75, 3.05) is 19.6 Å². The molecule has 2 atom stereocenters. The van der Waals surface area contributed by atoms with Crippen LogP contribution in [0.4, 0.5) is 4.79 Å². The van der Waals surface area contributed by atoms with E-state index in [9.17, 15) is 14.7 Å². The number of aliphatic carboxylic acids is 1. The topological polar surface area (TPSA) is 89.9 Å². The number of urea groups is 1. The fourth-order valence-corrected chi connectivity index (χ4v) is 2.56. The highest BCUT2D eigenvalue weighted by molar-refractivity contribution is 5.74. The van der Waals surface area contributed by atoms with Crippen LogP contribution in [-0.2, 0) is 4.79 Å². The van der Waals surface area contributed by atoms with Gasteiger partial charge in [0.1, 0.15) is 0 Å². The molecular formula is C15H28N2O4. The van der Waals surface area contributed by atoms with Gasteiger partial charge in [0.05, 0.1) is 6.10 Å². The van der Waals surface area contributed by atoms with Gasteiger partial charge in [0.15, 0.2) is 0 Å². The molecule has 1 fully saturated rings. The van der Waals surface area contributed by atoms with Crippen molar-refractivity contribution in [3.05, 3.63) is 0 Å². The van der Waals surface area contributed by atoms with E-state index in [1.165, 1.54) is 0 Å². The van der Waals surface area contributed by atoms with E-state index >= 15 is 0 Å². The van der Waals surface area contributed by atoms with Crippen LogP contribution in [0.1, 0.15) is 46.5 Å². The number of nitrogens with zero attached hydrogens (tertiary/aromatic N) is 1. The lowest BCUT2D eigenvalue weighted by atomic mass is 9.84. The predicted octanol–water partition coefficient (Wildman–Crippen LogP) is 1.68. The van der Waals surface area contributed by atoms with Crippen LogP contribution in [0.2, 0.25) is 0 Å². The van der Waals surface area contributed by atoms with Gasteiger partial charge in [-0.3, -0.25) is 4.79 Å². The first-order chi connectivity index (χ1) is 9.71. The number of carboxylic acids is 1. The maximum Gasteiger partial charge on any atom is 0.317 e. The summed E-state index contributed by atoms with van der Waals surface area (Å²) in [5.41, 5.74) is -0.0984. The first kappa shape index (κ1) is 17.8. The highest BCUT2D eigenvalue weighted by Gasteiger charge is 2.29. The summed E-state index contributed by atoms with van der Waals surface area (Å²) in [7, 11) is 0. The van der Waals surface area contributed by atoms with Crippen LogP contribution >= 0.6 is 0 Å². The van der Waals surface area contributed by atoms with Gasteiger partial charge in [0.25, 0.3) is 0 Å². The monoisotopic (exact) mass is 300 g/mol. The standard InChI is InChI=1S/C15H28N2O4/c1-11(18)12-5-9-17(10-12)14(21)16-8-7-15(2,3)6-4-13(19)20/h11-12,18H,4-10H2,1-3H3,(H,16,21)(H,19,20). The van der Waals surface area contributed by atoms with Crippen molar-refractivity contribution in [3.8, 4) is 0 Å². The Kier molecular flexibility index (Phi) is 6.45. The number of hydrogen-bond acceptors (Lipinski definition) is 3. The molecule has 1 heterocycles. The number of nitrogens with one attached hydrogen (secondary N) is 1.